The van der Waals surface area contributed by atoms with Crippen molar-refractivity contribution in [1.82, 2.24) is 0 Å². The average molecular weight is 480 g/mol. The van der Waals surface area contributed by atoms with Crippen LogP contribution >= 0.6 is 11.8 Å². The molecule has 0 unspecified atom stereocenters. The van der Waals surface area contributed by atoms with Gasteiger partial charge in [0.25, 0.3) is 0 Å². The van der Waals surface area contributed by atoms with Gasteiger partial charge in [0.2, 0.25) is 0 Å². The molecule has 2 aliphatic heterocycles. The summed E-state index contributed by atoms with van der Waals surface area (Å²) in [5, 5.41) is 4.57. The highest BCUT2D eigenvalue weighted by molar-refractivity contribution is 7.99. The van der Waals surface area contributed by atoms with Gasteiger partial charge in [-0.05, 0) is 46.5 Å². The van der Waals surface area contributed by atoms with E-state index in [1.54, 1.807) is 11.8 Å². The molecule has 0 aliphatic carbocycles. The van der Waals surface area contributed by atoms with E-state index < -0.39 is 0 Å². The predicted octanol–water partition coefficient (Wildman–Crippen LogP) is 7.52. The van der Waals surface area contributed by atoms with Crippen LogP contribution in [0.4, 0.5) is 5.69 Å². The molecule has 2 nitrogen and oxygen atoms in total. The van der Waals surface area contributed by atoms with E-state index in [1.807, 2.05) is 42.5 Å². The third kappa shape index (κ3) is 3.65. The van der Waals surface area contributed by atoms with E-state index in [-0.39, 0.29) is 0 Å². The first-order valence-electron chi connectivity index (χ1n) is 12.0. The van der Waals surface area contributed by atoms with Crippen LogP contribution in [-0.2, 0) is 4.74 Å². The summed E-state index contributed by atoms with van der Waals surface area (Å²) < 4.78 is 6.46. The van der Waals surface area contributed by atoms with Gasteiger partial charge in [-0.3, -0.25) is 0 Å². The second kappa shape index (κ2) is 8.71. The lowest BCUT2D eigenvalue weighted by Gasteiger charge is -2.20. The third-order valence-electron chi connectivity index (χ3n) is 6.52. The quantitative estimate of drug-likeness (QED) is 0.256. The van der Waals surface area contributed by atoms with Crippen LogP contribution in [0.15, 0.2) is 142 Å². The van der Waals surface area contributed by atoms with Gasteiger partial charge in [-0.2, -0.15) is 0 Å². The molecule has 0 atom stereocenters. The van der Waals surface area contributed by atoms with Crippen LogP contribution in [0.1, 0.15) is 11.1 Å². The molecular formula is C33H21NOS. The zero-order valence-electron chi connectivity index (χ0n) is 19.4. The lowest BCUT2D eigenvalue weighted by Crippen LogP contribution is -2.18. The predicted molar refractivity (Wildman–Crippen MR) is 148 cm³/mol. The van der Waals surface area contributed by atoms with Gasteiger partial charge in [0.05, 0.1) is 11.0 Å². The van der Waals surface area contributed by atoms with Crippen LogP contribution < -0.4 is 10.6 Å². The third-order valence-corrected chi connectivity index (χ3v) is 7.62. The van der Waals surface area contributed by atoms with Gasteiger partial charge in [-0.15, -0.1) is 0 Å². The molecule has 0 fully saturated rings. The fraction of sp³-hybridized carbons (Fsp3) is 0. The standard InChI is InChI=1S/C33H21NOS/c1-3-11-22(12-4-1)29-19-24(20-30(35-29)23-13-5-2-6-14-23)27-21-32-33(26-16-8-7-15-25(26)27)34-28-17-9-10-18-31(28)36-32/h1-21H. The monoisotopic (exact) mass is 479 g/mol. The lowest BCUT2D eigenvalue weighted by molar-refractivity contribution is 0.468. The molecule has 0 radical (unpaired) electrons. The minimum Gasteiger partial charge on any atom is -0.456 e. The number of para-hydroxylation sites is 1. The van der Waals surface area contributed by atoms with Crippen molar-refractivity contribution in [2.75, 3.05) is 0 Å². The minimum atomic E-state index is 0.844. The summed E-state index contributed by atoms with van der Waals surface area (Å²) in [7, 11) is 0. The van der Waals surface area contributed by atoms with Gasteiger partial charge in [0.1, 0.15) is 11.5 Å². The molecule has 5 aromatic carbocycles. The highest BCUT2D eigenvalue weighted by Gasteiger charge is 2.18. The summed E-state index contributed by atoms with van der Waals surface area (Å²) in [5.41, 5.74) is 4.26. The van der Waals surface area contributed by atoms with Gasteiger partial charge in [0, 0.05) is 26.3 Å². The lowest BCUT2D eigenvalue weighted by atomic mass is 9.99. The van der Waals surface area contributed by atoms with E-state index in [1.165, 1.54) is 20.4 Å². The summed E-state index contributed by atoms with van der Waals surface area (Å²) in [4.78, 5) is 7.42. The van der Waals surface area contributed by atoms with Crippen LogP contribution in [0.5, 0.6) is 0 Å². The molecule has 36 heavy (non-hydrogen) atoms. The maximum Gasteiger partial charge on any atom is 0.135 e. The molecule has 0 bridgehead atoms. The smallest absolute Gasteiger partial charge is 0.135 e. The second-order valence-electron chi connectivity index (χ2n) is 8.80. The summed E-state index contributed by atoms with van der Waals surface area (Å²) in [6.07, 6.45) is 4.32. The molecule has 3 heteroatoms. The zero-order chi connectivity index (χ0) is 23.9. The molecule has 0 saturated carbocycles. The Kier molecular flexibility index (Phi) is 5.07. The first-order chi connectivity index (χ1) is 17.8. The Balaban J connectivity index is 1.55. The van der Waals surface area contributed by atoms with E-state index in [0.717, 1.165) is 44.6 Å². The van der Waals surface area contributed by atoms with Crippen molar-refractivity contribution in [3.63, 3.8) is 0 Å². The molecule has 2 aliphatic rings. The van der Waals surface area contributed by atoms with Crippen molar-refractivity contribution in [2.24, 2.45) is 4.99 Å². The number of ether oxygens (including phenoxy) is 1. The van der Waals surface area contributed by atoms with Gasteiger partial charge in [0.15, 0.2) is 0 Å². The Morgan fingerprint density at radius 1 is 0.556 bits per heavy atom. The number of nitrogens with zero attached hydrogens (tertiary/aromatic N) is 1. The second-order valence-corrected chi connectivity index (χ2v) is 9.89. The Hall–Kier alpha value is -4.34. The molecular weight excluding hydrogens is 458 g/mol. The number of allylic oxidation sites excluding steroid dienone is 2. The summed E-state index contributed by atoms with van der Waals surface area (Å²) in [5.74, 6) is 1.69. The van der Waals surface area contributed by atoms with E-state index in [9.17, 15) is 0 Å². The molecule has 0 saturated heterocycles. The fourth-order valence-corrected chi connectivity index (χ4v) is 5.82. The molecule has 0 aromatic heterocycles. The van der Waals surface area contributed by atoms with Crippen LogP contribution in [-0.4, -0.2) is 0 Å². The molecule has 2 heterocycles. The molecule has 170 valence electrons. The normalized spacial score (nSPS) is 14.2. The average Bonchev–Trinajstić information content (AvgIpc) is 2.96. The first-order valence-corrected chi connectivity index (χ1v) is 12.8. The summed E-state index contributed by atoms with van der Waals surface area (Å²) in [6, 6.07) is 39.8. The Bertz CT molecular complexity index is 1760. The van der Waals surface area contributed by atoms with Crippen molar-refractivity contribution in [1.29, 1.82) is 0 Å². The van der Waals surface area contributed by atoms with Gasteiger partial charge < -0.3 is 4.74 Å². The maximum atomic E-state index is 6.46. The van der Waals surface area contributed by atoms with Gasteiger partial charge >= 0.3 is 0 Å². The number of rotatable bonds is 2. The Labute approximate surface area is 213 Å². The molecule has 0 spiro atoms. The fourth-order valence-electron chi connectivity index (χ4n) is 4.79. The topological polar surface area (TPSA) is 21.6 Å². The van der Waals surface area contributed by atoms with E-state index in [4.69, 9.17) is 9.73 Å². The van der Waals surface area contributed by atoms with Crippen molar-refractivity contribution >= 4 is 45.3 Å². The SMILES string of the molecule is C1=C(c2ccccc2)OC(c2ccccc2)=CC1=c1cc2c(c3ccccc13)=Nc1ccccc1S2. The molecule has 0 amide bonds. The van der Waals surface area contributed by atoms with Crippen molar-refractivity contribution in [3.8, 4) is 0 Å². The van der Waals surface area contributed by atoms with Crippen LogP contribution in [0.25, 0.3) is 27.9 Å². The largest absolute Gasteiger partial charge is 0.456 e. The van der Waals surface area contributed by atoms with E-state index in [2.05, 4.69) is 84.9 Å². The minimum absolute atomic E-state index is 0.844. The Morgan fingerprint density at radius 2 is 1.14 bits per heavy atom. The van der Waals surface area contributed by atoms with Gasteiger partial charge in [-0.1, -0.05) is 109 Å². The van der Waals surface area contributed by atoms with Crippen LogP contribution in [0, 0.1) is 0 Å². The van der Waals surface area contributed by atoms with Crippen LogP contribution in [0.3, 0.4) is 0 Å². The summed E-state index contributed by atoms with van der Waals surface area (Å²) >= 11 is 1.79. The van der Waals surface area contributed by atoms with E-state index in [0.29, 0.717) is 0 Å². The highest BCUT2D eigenvalue weighted by Crippen LogP contribution is 2.37. The van der Waals surface area contributed by atoms with E-state index >= 15 is 0 Å². The Morgan fingerprint density at radius 3 is 1.83 bits per heavy atom. The zero-order valence-corrected chi connectivity index (χ0v) is 20.2. The van der Waals surface area contributed by atoms with Crippen molar-refractivity contribution < 1.29 is 4.74 Å². The first kappa shape index (κ1) is 21.0. The van der Waals surface area contributed by atoms with Gasteiger partial charge in [-0.25, -0.2) is 4.99 Å². The molecule has 0 N–H and O–H groups in total. The van der Waals surface area contributed by atoms with Crippen molar-refractivity contribution in [3.05, 3.63) is 149 Å². The molecule has 5 aromatic rings. The number of benzene rings is 5. The number of hydrogen-bond donors (Lipinski definition) is 0. The maximum absolute atomic E-state index is 6.46. The number of fused-ring (bicyclic) bond motifs is 4. The number of hydrogen-bond acceptors (Lipinski definition) is 3. The molecule has 7 rings (SSSR count). The van der Waals surface area contributed by atoms with Crippen LogP contribution in [0.2, 0.25) is 0 Å². The van der Waals surface area contributed by atoms with Crippen molar-refractivity contribution in [2.45, 2.75) is 9.79 Å². The summed E-state index contributed by atoms with van der Waals surface area (Å²) in [6.45, 7) is 0. The highest BCUT2D eigenvalue weighted by atomic mass is 32.2.